The van der Waals surface area contributed by atoms with E-state index >= 15 is 0 Å². The van der Waals surface area contributed by atoms with E-state index in [2.05, 4.69) is 30.3 Å². The SMILES string of the molecule is Cc1cc(N2CC3CC[C@@H](C2)C3Nc2nc3n(n2)CCCO[C@H]3c2ccc(F)c(F)c2F)ncn1. The third-order valence-corrected chi connectivity index (χ3v) is 7.32. The molecular weight excluding hydrogens is 459 g/mol. The Kier molecular flexibility index (Phi) is 5.58. The van der Waals surface area contributed by atoms with Gasteiger partial charge in [0.2, 0.25) is 5.95 Å². The minimum absolute atomic E-state index is 0.0838. The lowest BCUT2D eigenvalue weighted by Crippen LogP contribution is -2.48. The van der Waals surface area contributed by atoms with Crippen molar-refractivity contribution >= 4 is 11.8 Å². The Morgan fingerprint density at radius 2 is 1.86 bits per heavy atom. The molecule has 4 heterocycles. The Morgan fingerprint density at radius 3 is 2.63 bits per heavy atom. The van der Waals surface area contributed by atoms with Gasteiger partial charge in [0.15, 0.2) is 23.3 Å². The maximum absolute atomic E-state index is 14.6. The van der Waals surface area contributed by atoms with E-state index in [1.807, 2.05) is 13.0 Å². The number of aromatic nitrogens is 5. The van der Waals surface area contributed by atoms with Gasteiger partial charge in [-0.2, -0.15) is 4.98 Å². The summed E-state index contributed by atoms with van der Waals surface area (Å²) in [6.07, 6.45) is 3.49. The Balaban J connectivity index is 1.24. The molecule has 2 fully saturated rings. The van der Waals surface area contributed by atoms with Gasteiger partial charge in [0.1, 0.15) is 18.2 Å². The summed E-state index contributed by atoms with van der Waals surface area (Å²) in [6, 6.07) is 4.34. The molecule has 6 rings (SSSR count). The van der Waals surface area contributed by atoms with Gasteiger partial charge in [-0.25, -0.2) is 27.8 Å². The second-order valence-electron chi connectivity index (χ2n) is 9.58. The predicted molar refractivity (Wildman–Crippen MR) is 121 cm³/mol. The van der Waals surface area contributed by atoms with Crippen LogP contribution >= 0.6 is 0 Å². The minimum atomic E-state index is -1.51. The van der Waals surface area contributed by atoms with Crippen LogP contribution in [-0.4, -0.2) is 50.5 Å². The zero-order valence-corrected chi connectivity index (χ0v) is 19.3. The second kappa shape index (κ2) is 8.78. The van der Waals surface area contributed by atoms with Crippen LogP contribution in [0.4, 0.5) is 24.9 Å². The predicted octanol–water partition coefficient (Wildman–Crippen LogP) is 3.63. The molecule has 184 valence electrons. The monoisotopic (exact) mass is 485 g/mol. The summed E-state index contributed by atoms with van der Waals surface area (Å²) >= 11 is 0. The summed E-state index contributed by atoms with van der Waals surface area (Å²) in [4.78, 5) is 15.6. The summed E-state index contributed by atoms with van der Waals surface area (Å²) in [5.41, 5.74) is 0.861. The highest BCUT2D eigenvalue weighted by Gasteiger charge is 2.43. The fourth-order valence-corrected chi connectivity index (χ4v) is 5.64. The fraction of sp³-hybridized carbons (Fsp3) is 0.500. The van der Waals surface area contributed by atoms with Crippen molar-refractivity contribution in [2.45, 2.75) is 44.9 Å². The first-order valence-corrected chi connectivity index (χ1v) is 12.0. The van der Waals surface area contributed by atoms with Crippen LogP contribution in [0.3, 0.4) is 0 Å². The highest BCUT2D eigenvalue weighted by molar-refractivity contribution is 5.42. The van der Waals surface area contributed by atoms with E-state index < -0.39 is 23.6 Å². The molecule has 11 heteroatoms. The number of benzene rings is 1. The first-order chi connectivity index (χ1) is 17.0. The van der Waals surface area contributed by atoms with E-state index in [9.17, 15) is 13.2 Å². The second-order valence-corrected chi connectivity index (χ2v) is 9.58. The number of ether oxygens (including phenoxy) is 1. The minimum Gasteiger partial charge on any atom is -0.365 e. The van der Waals surface area contributed by atoms with E-state index in [0.29, 0.717) is 43.2 Å². The van der Waals surface area contributed by atoms with Gasteiger partial charge in [0.25, 0.3) is 0 Å². The van der Waals surface area contributed by atoms with Crippen LogP contribution in [0.15, 0.2) is 24.5 Å². The number of halogens is 3. The van der Waals surface area contributed by atoms with Crippen LogP contribution in [0.1, 0.15) is 42.4 Å². The fourth-order valence-electron chi connectivity index (χ4n) is 5.64. The molecule has 1 aliphatic carbocycles. The number of fused-ring (bicyclic) bond motifs is 3. The van der Waals surface area contributed by atoms with Crippen molar-refractivity contribution in [3.63, 3.8) is 0 Å². The number of hydrogen-bond acceptors (Lipinski definition) is 7. The molecule has 1 saturated carbocycles. The number of piperidine rings is 1. The van der Waals surface area contributed by atoms with Gasteiger partial charge < -0.3 is 15.0 Å². The normalized spacial score (nSPS) is 25.9. The lowest BCUT2D eigenvalue weighted by atomic mass is 9.92. The summed E-state index contributed by atoms with van der Waals surface area (Å²) in [7, 11) is 0. The number of rotatable bonds is 4. The Morgan fingerprint density at radius 1 is 1.06 bits per heavy atom. The molecule has 2 aromatic heterocycles. The maximum atomic E-state index is 14.6. The van der Waals surface area contributed by atoms with E-state index in [0.717, 1.165) is 43.5 Å². The average Bonchev–Trinajstić information content (AvgIpc) is 3.25. The molecule has 3 aliphatic rings. The van der Waals surface area contributed by atoms with Gasteiger partial charge in [-0.3, -0.25) is 0 Å². The number of anilines is 2. The smallest absolute Gasteiger partial charge is 0.242 e. The summed E-state index contributed by atoms with van der Waals surface area (Å²) in [5, 5.41) is 8.15. The van der Waals surface area contributed by atoms with E-state index in [1.54, 1.807) is 11.0 Å². The van der Waals surface area contributed by atoms with Crippen molar-refractivity contribution in [3.05, 3.63) is 59.1 Å². The Hall–Kier alpha value is -3.21. The molecule has 0 radical (unpaired) electrons. The Bertz CT molecular complexity index is 1240. The van der Waals surface area contributed by atoms with Crippen molar-refractivity contribution in [1.29, 1.82) is 0 Å². The van der Waals surface area contributed by atoms with Crippen LogP contribution in [0, 0.1) is 36.2 Å². The van der Waals surface area contributed by atoms with E-state index in [4.69, 9.17) is 4.74 Å². The van der Waals surface area contributed by atoms with Gasteiger partial charge >= 0.3 is 0 Å². The van der Waals surface area contributed by atoms with Crippen molar-refractivity contribution < 1.29 is 17.9 Å². The average molecular weight is 486 g/mol. The van der Waals surface area contributed by atoms with Crippen molar-refractivity contribution in [2.75, 3.05) is 29.9 Å². The van der Waals surface area contributed by atoms with Crippen LogP contribution in [0.5, 0.6) is 0 Å². The highest BCUT2D eigenvalue weighted by atomic mass is 19.2. The van der Waals surface area contributed by atoms with Gasteiger partial charge in [-0.15, -0.1) is 5.10 Å². The van der Waals surface area contributed by atoms with E-state index in [1.165, 1.54) is 6.07 Å². The number of nitrogens with one attached hydrogen (secondary N) is 1. The molecule has 1 saturated heterocycles. The summed E-state index contributed by atoms with van der Waals surface area (Å²) in [6.45, 7) is 4.60. The standard InChI is InChI=1S/C24H26F3N7O/c1-13-9-18(29-12-28-13)33-10-14-3-4-15(11-33)21(14)30-24-31-23-22(35-8-2-7-34(23)32-24)16-5-6-17(25)20(27)19(16)26/h5-6,9,12,14-15,21-22H,2-4,7-8,10-11H2,1H3,(H,30,32)/t14-,15?,21?,22-/m0/s1. The molecule has 4 atom stereocenters. The molecule has 8 nitrogen and oxygen atoms in total. The zero-order valence-electron chi connectivity index (χ0n) is 19.3. The van der Waals surface area contributed by atoms with Gasteiger partial charge in [0, 0.05) is 49.6 Å². The molecule has 2 aliphatic heterocycles. The highest BCUT2D eigenvalue weighted by Crippen LogP contribution is 2.40. The largest absolute Gasteiger partial charge is 0.365 e. The van der Waals surface area contributed by atoms with Crippen molar-refractivity contribution in [3.8, 4) is 0 Å². The molecule has 35 heavy (non-hydrogen) atoms. The van der Waals surface area contributed by atoms with Crippen LogP contribution in [-0.2, 0) is 11.3 Å². The molecule has 2 unspecified atom stereocenters. The van der Waals surface area contributed by atoms with Crippen molar-refractivity contribution in [1.82, 2.24) is 24.7 Å². The van der Waals surface area contributed by atoms with Gasteiger partial charge in [-0.1, -0.05) is 0 Å². The summed E-state index contributed by atoms with van der Waals surface area (Å²) < 4.78 is 49.5. The zero-order chi connectivity index (χ0) is 24.1. The van der Waals surface area contributed by atoms with Gasteiger partial charge in [-0.05, 0) is 50.2 Å². The first kappa shape index (κ1) is 22.3. The molecule has 0 amide bonds. The number of aryl methyl sites for hydroxylation is 2. The van der Waals surface area contributed by atoms with Crippen molar-refractivity contribution in [2.24, 2.45) is 11.8 Å². The molecule has 2 bridgehead atoms. The van der Waals surface area contributed by atoms with E-state index in [-0.39, 0.29) is 11.6 Å². The number of nitrogens with zero attached hydrogens (tertiary/aromatic N) is 6. The van der Waals surface area contributed by atoms with Gasteiger partial charge in [0.05, 0.1) is 0 Å². The van der Waals surface area contributed by atoms with Crippen LogP contribution in [0.2, 0.25) is 0 Å². The quantitative estimate of drug-likeness (QED) is 0.566. The van der Waals surface area contributed by atoms with Crippen LogP contribution in [0.25, 0.3) is 0 Å². The van der Waals surface area contributed by atoms with Crippen LogP contribution < -0.4 is 10.2 Å². The lowest BCUT2D eigenvalue weighted by Gasteiger charge is -2.38. The summed E-state index contributed by atoms with van der Waals surface area (Å²) in [5.74, 6) is -1.40. The maximum Gasteiger partial charge on any atom is 0.242 e. The topological polar surface area (TPSA) is 81.0 Å². The lowest BCUT2D eigenvalue weighted by molar-refractivity contribution is 0.0780. The molecule has 0 spiro atoms. The third-order valence-electron chi connectivity index (χ3n) is 7.32. The number of hydrogen-bond donors (Lipinski definition) is 1. The first-order valence-electron chi connectivity index (χ1n) is 12.0. The molecule has 1 aromatic carbocycles. The Labute approximate surface area is 200 Å². The third kappa shape index (κ3) is 4.01. The molecular formula is C24H26F3N7O. The molecule has 1 N–H and O–H groups in total. The molecule has 3 aromatic rings.